The maximum atomic E-state index is 12.7. The normalized spacial score (nSPS) is 22.6. The highest BCUT2D eigenvalue weighted by molar-refractivity contribution is 5.80. The molecule has 1 fully saturated rings. The number of ether oxygens (including phenoxy) is 1. The number of carbonyl (C=O) groups excluding carboxylic acids is 1. The van der Waals surface area contributed by atoms with Crippen LogP contribution in [-0.4, -0.2) is 54.8 Å². The van der Waals surface area contributed by atoms with E-state index in [4.69, 9.17) is 4.74 Å². The topological polar surface area (TPSA) is 78.1 Å². The molecule has 2 aliphatic heterocycles. The number of rotatable bonds is 2. The van der Waals surface area contributed by atoms with E-state index in [9.17, 15) is 4.79 Å². The van der Waals surface area contributed by atoms with Gasteiger partial charge in [-0.3, -0.25) is 9.48 Å². The minimum Gasteiger partial charge on any atom is -0.370 e. The van der Waals surface area contributed by atoms with Crippen LogP contribution in [0.2, 0.25) is 0 Å². The second kappa shape index (κ2) is 5.66. The Morgan fingerprint density at radius 1 is 1.32 bits per heavy atom. The molecule has 0 unspecified atom stereocenters. The van der Waals surface area contributed by atoms with Gasteiger partial charge in [0.25, 0.3) is 0 Å². The van der Waals surface area contributed by atoms with Crippen molar-refractivity contribution in [2.24, 2.45) is 0 Å². The van der Waals surface area contributed by atoms with Crippen LogP contribution in [0.1, 0.15) is 18.2 Å². The van der Waals surface area contributed by atoms with Crippen molar-refractivity contribution in [2.45, 2.75) is 31.7 Å². The Bertz CT molecular complexity index is 899. The van der Waals surface area contributed by atoms with Gasteiger partial charge in [-0.1, -0.05) is 23.4 Å². The first-order valence-electron chi connectivity index (χ1n) is 8.48. The monoisotopic (exact) mass is 338 g/mol. The minimum atomic E-state index is 0.0423. The van der Waals surface area contributed by atoms with Gasteiger partial charge in [-0.25, -0.2) is 4.68 Å². The van der Waals surface area contributed by atoms with E-state index in [0.717, 1.165) is 23.0 Å². The third kappa shape index (κ3) is 2.49. The van der Waals surface area contributed by atoms with Crippen LogP contribution < -0.4 is 0 Å². The lowest BCUT2D eigenvalue weighted by Crippen LogP contribution is -2.50. The summed E-state index contributed by atoms with van der Waals surface area (Å²) in [6.45, 7) is 2.09. The quantitative estimate of drug-likeness (QED) is 0.697. The number of likely N-dealkylation sites (tertiary alicyclic amines) is 1. The summed E-state index contributed by atoms with van der Waals surface area (Å²) in [7, 11) is 0. The standard InChI is InChI=1S/C17H18N6O2/c24-17(10-22-8-12-3-1-2-4-14(12)19-22)21-6-5-16-15(9-21)23-13(11-25-16)7-18-20-23/h1-4,7-8,15-16H,5-6,9-11H2/t15-,16+/m1/s1. The van der Waals surface area contributed by atoms with Gasteiger partial charge in [0.05, 0.1) is 36.2 Å². The second-order valence-electron chi connectivity index (χ2n) is 6.60. The lowest BCUT2D eigenvalue weighted by atomic mass is 10.0. The van der Waals surface area contributed by atoms with E-state index in [0.29, 0.717) is 19.7 Å². The van der Waals surface area contributed by atoms with Gasteiger partial charge in [-0.05, 0) is 12.5 Å². The zero-order chi connectivity index (χ0) is 16.8. The molecule has 4 heterocycles. The summed E-state index contributed by atoms with van der Waals surface area (Å²) in [5, 5.41) is 13.7. The molecule has 0 bridgehead atoms. The molecule has 0 aliphatic carbocycles. The van der Waals surface area contributed by atoms with Crippen molar-refractivity contribution in [3.05, 3.63) is 42.4 Å². The van der Waals surface area contributed by atoms with Gasteiger partial charge in [0, 0.05) is 24.7 Å². The van der Waals surface area contributed by atoms with Crippen molar-refractivity contribution in [3.63, 3.8) is 0 Å². The van der Waals surface area contributed by atoms with E-state index in [1.807, 2.05) is 40.0 Å². The average molecular weight is 338 g/mol. The van der Waals surface area contributed by atoms with Gasteiger partial charge < -0.3 is 9.64 Å². The highest BCUT2D eigenvalue weighted by atomic mass is 16.5. The first kappa shape index (κ1) is 14.6. The molecular weight excluding hydrogens is 320 g/mol. The first-order valence-corrected chi connectivity index (χ1v) is 8.48. The van der Waals surface area contributed by atoms with Gasteiger partial charge >= 0.3 is 0 Å². The Labute approximate surface area is 144 Å². The molecule has 0 spiro atoms. The van der Waals surface area contributed by atoms with Gasteiger partial charge in [-0.2, -0.15) is 5.10 Å². The van der Waals surface area contributed by atoms with Crippen molar-refractivity contribution in [1.82, 2.24) is 29.7 Å². The zero-order valence-corrected chi connectivity index (χ0v) is 13.7. The molecule has 2 aliphatic rings. The number of benzene rings is 1. The first-order chi connectivity index (χ1) is 12.3. The maximum Gasteiger partial charge on any atom is 0.244 e. The number of aromatic nitrogens is 5. The summed E-state index contributed by atoms with van der Waals surface area (Å²) in [6.07, 6.45) is 4.56. The van der Waals surface area contributed by atoms with E-state index in [1.165, 1.54) is 0 Å². The smallest absolute Gasteiger partial charge is 0.244 e. The van der Waals surface area contributed by atoms with Crippen LogP contribution in [0.5, 0.6) is 0 Å². The van der Waals surface area contributed by atoms with E-state index in [2.05, 4.69) is 15.4 Å². The molecule has 8 nitrogen and oxygen atoms in total. The number of amides is 1. The lowest BCUT2D eigenvalue weighted by molar-refractivity contribution is -0.138. The summed E-state index contributed by atoms with van der Waals surface area (Å²) < 4.78 is 9.53. The van der Waals surface area contributed by atoms with E-state index < -0.39 is 0 Å². The van der Waals surface area contributed by atoms with E-state index >= 15 is 0 Å². The van der Waals surface area contributed by atoms with Crippen molar-refractivity contribution < 1.29 is 9.53 Å². The summed E-state index contributed by atoms with van der Waals surface area (Å²) in [6, 6.07) is 7.92. The van der Waals surface area contributed by atoms with Crippen molar-refractivity contribution in [2.75, 3.05) is 13.1 Å². The van der Waals surface area contributed by atoms with E-state index in [1.54, 1.807) is 10.9 Å². The SMILES string of the molecule is O=C(Cn1cc2ccccc2n1)N1CC[C@@H]2OCc3cnnn3[C@@H]2C1. The largest absolute Gasteiger partial charge is 0.370 e. The molecule has 8 heteroatoms. The van der Waals surface area contributed by atoms with Crippen molar-refractivity contribution in [3.8, 4) is 0 Å². The zero-order valence-electron chi connectivity index (χ0n) is 13.7. The molecule has 1 saturated heterocycles. The molecule has 0 N–H and O–H groups in total. The van der Waals surface area contributed by atoms with Crippen LogP contribution >= 0.6 is 0 Å². The Hall–Kier alpha value is -2.74. The molecule has 2 atom stereocenters. The molecule has 5 rings (SSSR count). The van der Waals surface area contributed by atoms with Gasteiger partial charge in [0.1, 0.15) is 6.54 Å². The Morgan fingerprint density at radius 3 is 3.16 bits per heavy atom. The van der Waals surface area contributed by atoms with Crippen LogP contribution in [0.4, 0.5) is 0 Å². The Morgan fingerprint density at radius 2 is 2.24 bits per heavy atom. The molecule has 1 aromatic carbocycles. The maximum absolute atomic E-state index is 12.7. The highest BCUT2D eigenvalue weighted by Crippen LogP contribution is 2.30. The van der Waals surface area contributed by atoms with Crippen molar-refractivity contribution >= 4 is 16.8 Å². The van der Waals surface area contributed by atoms with Gasteiger partial charge in [0.2, 0.25) is 5.91 Å². The molecule has 2 aromatic heterocycles. The molecular formula is C17H18N6O2. The predicted molar refractivity (Wildman–Crippen MR) is 88.6 cm³/mol. The van der Waals surface area contributed by atoms with Crippen LogP contribution in [0.3, 0.4) is 0 Å². The summed E-state index contributed by atoms with van der Waals surface area (Å²) in [4.78, 5) is 14.6. The lowest BCUT2D eigenvalue weighted by Gasteiger charge is -2.41. The molecule has 1 amide bonds. The number of carbonyl (C=O) groups is 1. The van der Waals surface area contributed by atoms with Crippen molar-refractivity contribution in [1.29, 1.82) is 0 Å². The summed E-state index contributed by atoms with van der Waals surface area (Å²) in [5.41, 5.74) is 1.87. The van der Waals surface area contributed by atoms with Gasteiger partial charge in [-0.15, -0.1) is 5.10 Å². The number of hydrogen-bond donors (Lipinski definition) is 0. The van der Waals surface area contributed by atoms with Gasteiger partial charge in [0.15, 0.2) is 0 Å². The Kier molecular flexibility index (Phi) is 3.30. The fourth-order valence-electron chi connectivity index (χ4n) is 3.74. The Balaban J connectivity index is 1.33. The van der Waals surface area contributed by atoms with Crippen LogP contribution in [0.15, 0.2) is 36.7 Å². The minimum absolute atomic E-state index is 0.0423. The molecule has 128 valence electrons. The number of piperidine rings is 1. The molecule has 3 aromatic rings. The van der Waals surface area contributed by atoms with E-state index in [-0.39, 0.29) is 24.6 Å². The number of hydrogen-bond acceptors (Lipinski definition) is 5. The fraction of sp³-hybridized carbons (Fsp3) is 0.412. The van der Waals surface area contributed by atoms with Crippen LogP contribution in [0.25, 0.3) is 10.9 Å². The third-order valence-electron chi connectivity index (χ3n) is 5.04. The number of fused-ring (bicyclic) bond motifs is 4. The summed E-state index contributed by atoms with van der Waals surface area (Å²) >= 11 is 0. The van der Waals surface area contributed by atoms with Crippen LogP contribution in [0, 0.1) is 0 Å². The molecule has 25 heavy (non-hydrogen) atoms. The van der Waals surface area contributed by atoms with Crippen LogP contribution in [-0.2, 0) is 22.7 Å². The number of nitrogens with zero attached hydrogens (tertiary/aromatic N) is 6. The fourth-order valence-corrected chi connectivity index (χ4v) is 3.74. The molecule has 0 radical (unpaired) electrons. The predicted octanol–water partition coefficient (Wildman–Crippen LogP) is 1.00. The second-order valence-corrected chi connectivity index (χ2v) is 6.60. The molecule has 0 saturated carbocycles. The summed E-state index contributed by atoms with van der Waals surface area (Å²) in [5.74, 6) is 0.0681. The average Bonchev–Trinajstić information content (AvgIpc) is 3.27. The highest BCUT2D eigenvalue weighted by Gasteiger charge is 2.37. The third-order valence-corrected chi connectivity index (χ3v) is 5.04.